The van der Waals surface area contributed by atoms with Crippen molar-refractivity contribution in [1.29, 1.82) is 0 Å². The zero-order chi connectivity index (χ0) is 15.2. The van der Waals surface area contributed by atoms with E-state index < -0.39 is 5.97 Å². The van der Waals surface area contributed by atoms with E-state index in [1.165, 1.54) is 26.5 Å². The predicted octanol–water partition coefficient (Wildman–Crippen LogP) is 2.38. The van der Waals surface area contributed by atoms with Crippen LogP contribution in [0.2, 0.25) is 0 Å². The highest BCUT2D eigenvalue weighted by atomic mass is 16.5. The van der Waals surface area contributed by atoms with Crippen molar-refractivity contribution in [3.8, 4) is 17.2 Å². The smallest absolute Gasteiger partial charge is 0.354 e. The van der Waals surface area contributed by atoms with E-state index in [-0.39, 0.29) is 12.3 Å². The molecule has 0 amide bonds. The maximum Gasteiger partial charge on any atom is 0.354 e. The van der Waals surface area contributed by atoms with Gasteiger partial charge in [0, 0.05) is 6.20 Å². The Kier molecular flexibility index (Phi) is 4.61. The minimum atomic E-state index is -1.08. The van der Waals surface area contributed by atoms with Gasteiger partial charge in [0.05, 0.1) is 14.2 Å². The fraction of sp³-hybridized carbons (Fsp3) is 0.200. The van der Waals surface area contributed by atoms with E-state index in [1.54, 1.807) is 24.3 Å². The van der Waals surface area contributed by atoms with Crippen LogP contribution in [-0.4, -0.2) is 30.3 Å². The van der Waals surface area contributed by atoms with Crippen LogP contribution in [0, 0.1) is 0 Å². The van der Waals surface area contributed by atoms with Crippen LogP contribution >= 0.6 is 0 Å². The number of hydrogen-bond donors (Lipinski definition) is 1. The second-order valence-electron chi connectivity index (χ2n) is 4.13. The Labute approximate surface area is 121 Å². The molecule has 2 aromatic rings. The van der Waals surface area contributed by atoms with Crippen LogP contribution in [0.15, 0.2) is 36.5 Å². The van der Waals surface area contributed by atoms with Gasteiger partial charge in [-0.2, -0.15) is 0 Å². The minimum Gasteiger partial charge on any atom is -0.493 e. The second-order valence-corrected chi connectivity index (χ2v) is 4.13. The van der Waals surface area contributed by atoms with E-state index >= 15 is 0 Å². The molecule has 0 saturated carbocycles. The number of pyridine rings is 1. The number of hydrogen-bond acceptors (Lipinski definition) is 5. The summed E-state index contributed by atoms with van der Waals surface area (Å²) in [6, 6.07) is 8.46. The van der Waals surface area contributed by atoms with Crippen molar-refractivity contribution in [2.75, 3.05) is 14.2 Å². The molecule has 21 heavy (non-hydrogen) atoms. The molecule has 1 N–H and O–H groups in total. The van der Waals surface area contributed by atoms with Crippen molar-refractivity contribution in [3.05, 3.63) is 47.8 Å². The van der Waals surface area contributed by atoms with Gasteiger partial charge in [0.15, 0.2) is 11.5 Å². The SMILES string of the molecule is COc1cccc(OC)c1OCc1ccnc(C(=O)O)c1. The molecule has 6 heteroatoms. The summed E-state index contributed by atoms with van der Waals surface area (Å²) < 4.78 is 16.2. The Morgan fingerprint density at radius 3 is 2.43 bits per heavy atom. The standard InChI is InChI=1S/C15H15NO5/c1-19-12-4-3-5-13(20-2)14(12)21-9-10-6-7-16-11(8-10)15(17)18/h3-8H,9H2,1-2H3,(H,17,18). The number of para-hydroxylation sites is 1. The number of ether oxygens (including phenoxy) is 3. The summed E-state index contributed by atoms with van der Waals surface area (Å²) in [6.45, 7) is 0.180. The number of carboxylic acids is 1. The van der Waals surface area contributed by atoms with Crippen LogP contribution in [0.4, 0.5) is 0 Å². The number of carbonyl (C=O) groups is 1. The van der Waals surface area contributed by atoms with Crippen molar-refractivity contribution in [3.63, 3.8) is 0 Å². The molecule has 1 heterocycles. The lowest BCUT2D eigenvalue weighted by atomic mass is 10.2. The van der Waals surface area contributed by atoms with E-state index in [0.29, 0.717) is 22.8 Å². The van der Waals surface area contributed by atoms with E-state index in [9.17, 15) is 4.79 Å². The van der Waals surface area contributed by atoms with E-state index in [0.717, 1.165) is 0 Å². The molecule has 0 aliphatic carbocycles. The molecule has 2 rings (SSSR count). The average Bonchev–Trinajstić information content (AvgIpc) is 2.52. The van der Waals surface area contributed by atoms with Gasteiger partial charge in [0.1, 0.15) is 12.3 Å². The van der Waals surface area contributed by atoms with Crippen molar-refractivity contribution in [1.82, 2.24) is 4.98 Å². The summed E-state index contributed by atoms with van der Waals surface area (Å²) in [4.78, 5) is 14.6. The fourth-order valence-electron chi connectivity index (χ4n) is 1.80. The minimum absolute atomic E-state index is 0.0249. The Hall–Kier alpha value is -2.76. The first kappa shape index (κ1) is 14.6. The fourth-order valence-corrected chi connectivity index (χ4v) is 1.80. The number of nitrogens with zero attached hydrogens (tertiary/aromatic N) is 1. The predicted molar refractivity (Wildman–Crippen MR) is 75.1 cm³/mol. The molecule has 1 aromatic heterocycles. The Morgan fingerprint density at radius 1 is 1.19 bits per heavy atom. The lowest BCUT2D eigenvalue weighted by Gasteiger charge is -2.14. The zero-order valence-corrected chi connectivity index (χ0v) is 11.7. The van der Waals surface area contributed by atoms with Gasteiger partial charge in [-0.3, -0.25) is 0 Å². The Morgan fingerprint density at radius 2 is 1.86 bits per heavy atom. The Bertz CT molecular complexity index is 619. The first-order valence-electron chi connectivity index (χ1n) is 6.17. The highest BCUT2D eigenvalue weighted by Gasteiger charge is 2.12. The largest absolute Gasteiger partial charge is 0.493 e. The third-order valence-corrected chi connectivity index (χ3v) is 2.81. The second kappa shape index (κ2) is 6.60. The molecule has 6 nitrogen and oxygen atoms in total. The van der Waals surface area contributed by atoms with Crippen LogP contribution in [0.3, 0.4) is 0 Å². The molecule has 0 radical (unpaired) electrons. The molecule has 0 atom stereocenters. The van der Waals surface area contributed by atoms with E-state index in [4.69, 9.17) is 19.3 Å². The van der Waals surface area contributed by atoms with Gasteiger partial charge in [0.25, 0.3) is 0 Å². The van der Waals surface area contributed by atoms with Gasteiger partial charge in [-0.05, 0) is 29.8 Å². The normalized spacial score (nSPS) is 10.0. The van der Waals surface area contributed by atoms with Crippen molar-refractivity contribution < 1.29 is 24.1 Å². The molecule has 0 unspecified atom stereocenters. The highest BCUT2D eigenvalue weighted by molar-refractivity contribution is 5.85. The molecule has 0 aliphatic rings. The van der Waals surface area contributed by atoms with Crippen molar-refractivity contribution in [2.45, 2.75) is 6.61 Å². The van der Waals surface area contributed by atoms with Crippen LogP contribution in [-0.2, 0) is 6.61 Å². The molecule has 110 valence electrons. The van der Waals surface area contributed by atoms with Crippen LogP contribution in [0.1, 0.15) is 16.1 Å². The monoisotopic (exact) mass is 289 g/mol. The molecular formula is C15H15NO5. The number of methoxy groups -OCH3 is 2. The van der Waals surface area contributed by atoms with Crippen LogP contribution in [0.5, 0.6) is 17.2 Å². The summed E-state index contributed by atoms with van der Waals surface area (Å²) in [5, 5.41) is 8.92. The molecule has 0 spiro atoms. The average molecular weight is 289 g/mol. The number of rotatable bonds is 6. The number of carboxylic acid groups (broad SMARTS) is 1. The molecule has 0 fully saturated rings. The third kappa shape index (κ3) is 3.42. The summed E-state index contributed by atoms with van der Waals surface area (Å²) in [6.07, 6.45) is 1.43. The maximum atomic E-state index is 10.9. The number of benzene rings is 1. The first-order valence-corrected chi connectivity index (χ1v) is 6.17. The molecule has 0 aliphatic heterocycles. The summed E-state index contributed by atoms with van der Waals surface area (Å²) in [5.74, 6) is 0.478. The zero-order valence-electron chi connectivity index (χ0n) is 11.7. The van der Waals surface area contributed by atoms with Crippen molar-refractivity contribution in [2.24, 2.45) is 0 Å². The van der Waals surface area contributed by atoms with Gasteiger partial charge in [0.2, 0.25) is 5.75 Å². The maximum absolute atomic E-state index is 10.9. The van der Waals surface area contributed by atoms with Gasteiger partial charge < -0.3 is 19.3 Å². The highest BCUT2D eigenvalue weighted by Crippen LogP contribution is 2.37. The van der Waals surface area contributed by atoms with Gasteiger partial charge in [-0.1, -0.05) is 6.07 Å². The van der Waals surface area contributed by atoms with Crippen molar-refractivity contribution >= 4 is 5.97 Å². The Balaban J connectivity index is 2.20. The van der Waals surface area contributed by atoms with E-state index in [1.807, 2.05) is 0 Å². The molecule has 0 bridgehead atoms. The summed E-state index contributed by atoms with van der Waals surface area (Å²) >= 11 is 0. The first-order chi connectivity index (χ1) is 10.2. The quantitative estimate of drug-likeness (QED) is 0.879. The van der Waals surface area contributed by atoms with Gasteiger partial charge in [-0.25, -0.2) is 9.78 Å². The van der Waals surface area contributed by atoms with Crippen LogP contribution in [0.25, 0.3) is 0 Å². The van der Waals surface area contributed by atoms with Gasteiger partial charge >= 0.3 is 5.97 Å². The van der Waals surface area contributed by atoms with Crippen LogP contribution < -0.4 is 14.2 Å². The van der Waals surface area contributed by atoms with Gasteiger partial charge in [-0.15, -0.1) is 0 Å². The summed E-state index contributed by atoms with van der Waals surface area (Å²) in [7, 11) is 3.08. The lowest BCUT2D eigenvalue weighted by Crippen LogP contribution is -2.04. The molecule has 1 aromatic carbocycles. The molecule has 0 saturated heterocycles. The van der Waals surface area contributed by atoms with E-state index in [2.05, 4.69) is 4.98 Å². The lowest BCUT2D eigenvalue weighted by molar-refractivity contribution is 0.0690. The third-order valence-electron chi connectivity index (χ3n) is 2.81. The topological polar surface area (TPSA) is 77.9 Å². The number of aromatic nitrogens is 1. The summed E-state index contributed by atoms with van der Waals surface area (Å²) in [5.41, 5.74) is 0.665. The number of aromatic carboxylic acids is 1. The molecular weight excluding hydrogens is 274 g/mol.